The third kappa shape index (κ3) is 2.37. The number of benzene rings is 1. The second-order valence-electron chi connectivity index (χ2n) is 3.33. The maximum atomic E-state index is 5.62. The number of nitrogens with zero attached hydrogens (tertiary/aromatic N) is 1. The normalized spacial score (nSPS) is 11.3. The Balaban J connectivity index is 2.42. The average Bonchev–Trinajstić information content (AvgIpc) is 2.30. The molecule has 15 heavy (non-hydrogen) atoms. The van der Waals surface area contributed by atoms with Crippen molar-refractivity contribution < 1.29 is 0 Å². The quantitative estimate of drug-likeness (QED) is 0.712. The van der Waals surface area contributed by atoms with Crippen molar-refractivity contribution in [3.63, 3.8) is 0 Å². The Kier molecular flexibility index (Phi) is 3.36. The number of rotatable bonds is 3. The molecule has 0 bridgehead atoms. The summed E-state index contributed by atoms with van der Waals surface area (Å²) in [7, 11) is 0. The molecule has 1 aromatic heterocycles. The first-order valence-electron chi connectivity index (χ1n) is 4.97. The zero-order chi connectivity index (χ0) is 10.5. The molecular weight excluding hydrogens is 206 g/mol. The van der Waals surface area contributed by atoms with Crippen LogP contribution in [0.15, 0.2) is 42.7 Å². The van der Waals surface area contributed by atoms with Gasteiger partial charge in [0.15, 0.2) is 0 Å². The molecule has 0 amide bonds. The molecule has 0 fully saturated rings. The van der Waals surface area contributed by atoms with Gasteiger partial charge in [0.1, 0.15) is 0 Å². The Morgan fingerprint density at radius 1 is 1.20 bits per heavy atom. The summed E-state index contributed by atoms with van der Waals surface area (Å²) in [6, 6.07) is 8.25. The fourth-order valence-electron chi connectivity index (χ4n) is 1.55. The molecule has 76 valence electrons. The highest BCUT2D eigenvalue weighted by atomic mass is 35.5. The molecule has 0 aliphatic heterocycles. The van der Waals surface area contributed by atoms with Gasteiger partial charge >= 0.3 is 0 Å². The third-order valence-corrected chi connectivity index (χ3v) is 2.49. The van der Waals surface area contributed by atoms with E-state index in [2.05, 4.69) is 29.3 Å². The topological polar surface area (TPSA) is 12.9 Å². The Bertz CT molecular complexity index is 471. The highest BCUT2D eigenvalue weighted by Crippen LogP contribution is 2.18. The van der Waals surface area contributed by atoms with Crippen molar-refractivity contribution >= 4 is 28.4 Å². The summed E-state index contributed by atoms with van der Waals surface area (Å²) in [5, 5.41) is 2.41. The first-order valence-corrected chi connectivity index (χ1v) is 5.50. The summed E-state index contributed by atoms with van der Waals surface area (Å²) >= 11 is 5.62. The van der Waals surface area contributed by atoms with E-state index < -0.39 is 0 Å². The van der Waals surface area contributed by atoms with Gasteiger partial charge in [0, 0.05) is 29.2 Å². The second kappa shape index (κ2) is 4.94. The number of aromatic nitrogens is 1. The van der Waals surface area contributed by atoms with E-state index in [0.29, 0.717) is 5.88 Å². The van der Waals surface area contributed by atoms with Crippen molar-refractivity contribution in [2.24, 2.45) is 0 Å². The van der Waals surface area contributed by atoms with Gasteiger partial charge in [0.25, 0.3) is 0 Å². The van der Waals surface area contributed by atoms with Crippen molar-refractivity contribution in [1.82, 2.24) is 4.98 Å². The Morgan fingerprint density at radius 2 is 2.07 bits per heavy atom. The van der Waals surface area contributed by atoms with Gasteiger partial charge in [-0.05, 0) is 11.8 Å². The number of fused-ring (bicyclic) bond motifs is 1. The first-order chi connectivity index (χ1) is 7.42. The molecule has 1 heterocycles. The molecule has 0 atom stereocenters. The lowest BCUT2D eigenvalue weighted by atomic mass is 10.1. The fraction of sp³-hybridized carbons (Fsp3) is 0.154. The van der Waals surface area contributed by atoms with Crippen LogP contribution in [0.3, 0.4) is 0 Å². The zero-order valence-electron chi connectivity index (χ0n) is 8.36. The molecule has 2 heteroatoms. The highest BCUT2D eigenvalue weighted by Gasteiger charge is 1.96. The maximum Gasteiger partial charge on any atom is 0.0346 e. The molecule has 0 saturated heterocycles. The highest BCUT2D eigenvalue weighted by molar-refractivity contribution is 6.17. The summed E-state index contributed by atoms with van der Waals surface area (Å²) in [6.07, 6.45) is 8.82. The predicted octanol–water partition coefficient (Wildman–Crippen LogP) is 3.88. The number of alkyl halides is 1. The van der Waals surface area contributed by atoms with Gasteiger partial charge in [-0.15, -0.1) is 11.6 Å². The minimum Gasteiger partial charge on any atom is -0.263 e. The van der Waals surface area contributed by atoms with E-state index in [1.54, 1.807) is 0 Å². The summed E-state index contributed by atoms with van der Waals surface area (Å²) in [5.41, 5.74) is 1.15. The molecule has 0 N–H and O–H groups in total. The van der Waals surface area contributed by atoms with Gasteiger partial charge in [0.05, 0.1) is 0 Å². The summed E-state index contributed by atoms with van der Waals surface area (Å²) < 4.78 is 0. The number of hydrogen-bond acceptors (Lipinski definition) is 1. The zero-order valence-corrected chi connectivity index (χ0v) is 9.11. The van der Waals surface area contributed by atoms with E-state index in [0.717, 1.165) is 12.0 Å². The van der Waals surface area contributed by atoms with Crippen LogP contribution in [-0.2, 0) is 0 Å². The third-order valence-electron chi connectivity index (χ3n) is 2.27. The molecule has 0 saturated carbocycles. The van der Waals surface area contributed by atoms with Crippen LogP contribution in [0.1, 0.15) is 12.0 Å². The van der Waals surface area contributed by atoms with Crippen molar-refractivity contribution in [2.75, 3.05) is 5.88 Å². The smallest absolute Gasteiger partial charge is 0.0346 e. The first kappa shape index (κ1) is 10.2. The van der Waals surface area contributed by atoms with Crippen molar-refractivity contribution in [3.8, 4) is 0 Å². The lowest BCUT2D eigenvalue weighted by molar-refractivity contribution is 1.24. The molecule has 0 aliphatic rings. The summed E-state index contributed by atoms with van der Waals surface area (Å²) in [5.74, 6) is 0.661. The SMILES string of the molecule is ClCCC=Cc1cncc2ccccc12. The lowest BCUT2D eigenvalue weighted by Crippen LogP contribution is -1.80. The van der Waals surface area contributed by atoms with Crippen LogP contribution in [0.25, 0.3) is 16.8 Å². The Morgan fingerprint density at radius 3 is 2.93 bits per heavy atom. The number of hydrogen-bond donors (Lipinski definition) is 0. The molecule has 0 aliphatic carbocycles. The van der Waals surface area contributed by atoms with Gasteiger partial charge in [-0.1, -0.05) is 36.4 Å². The van der Waals surface area contributed by atoms with E-state index in [4.69, 9.17) is 11.6 Å². The molecule has 2 aromatic rings. The van der Waals surface area contributed by atoms with Crippen LogP contribution in [-0.4, -0.2) is 10.9 Å². The van der Waals surface area contributed by atoms with Crippen LogP contribution >= 0.6 is 11.6 Å². The van der Waals surface area contributed by atoms with Crippen LogP contribution < -0.4 is 0 Å². The largest absolute Gasteiger partial charge is 0.263 e. The van der Waals surface area contributed by atoms with Crippen LogP contribution in [0.4, 0.5) is 0 Å². The van der Waals surface area contributed by atoms with E-state index in [1.165, 1.54) is 10.8 Å². The summed E-state index contributed by atoms with van der Waals surface area (Å²) in [4.78, 5) is 4.21. The van der Waals surface area contributed by atoms with E-state index in [9.17, 15) is 0 Å². The van der Waals surface area contributed by atoms with Crippen LogP contribution in [0.2, 0.25) is 0 Å². The van der Waals surface area contributed by atoms with Crippen molar-refractivity contribution in [3.05, 3.63) is 48.3 Å². The van der Waals surface area contributed by atoms with E-state index in [1.807, 2.05) is 24.5 Å². The summed E-state index contributed by atoms with van der Waals surface area (Å²) in [6.45, 7) is 0. The molecule has 0 spiro atoms. The molecule has 2 rings (SSSR count). The van der Waals surface area contributed by atoms with E-state index in [-0.39, 0.29) is 0 Å². The van der Waals surface area contributed by atoms with Crippen LogP contribution in [0.5, 0.6) is 0 Å². The van der Waals surface area contributed by atoms with Crippen molar-refractivity contribution in [1.29, 1.82) is 0 Å². The molecule has 0 radical (unpaired) electrons. The molecule has 0 unspecified atom stereocenters. The standard InChI is InChI=1S/C13H12ClN/c14-8-4-3-6-12-10-15-9-11-5-1-2-7-13(11)12/h1-3,5-7,9-10H,4,8H2. The van der Waals surface area contributed by atoms with Gasteiger partial charge in [0.2, 0.25) is 0 Å². The molecule has 1 aromatic carbocycles. The van der Waals surface area contributed by atoms with E-state index >= 15 is 0 Å². The number of pyridine rings is 1. The number of allylic oxidation sites excluding steroid dienone is 1. The Hall–Kier alpha value is -1.34. The van der Waals surface area contributed by atoms with Crippen molar-refractivity contribution in [2.45, 2.75) is 6.42 Å². The Labute approximate surface area is 94.4 Å². The number of halogens is 1. The monoisotopic (exact) mass is 217 g/mol. The maximum absolute atomic E-state index is 5.62. The van der Waals surface area contributed by atoms with Gasteiger partial charge < -0.3 is 0 Å². The second-order valence-corrected chi connectivity index (χ2v) is 3.71. The van der Waals surface area contributed by atoms with Gasteiger partial charge in [-0.3, -0.25) is 4.98 Å². The van der Waals surface area contributed by atoms with Gasteiger partial charge in [-0.2, -0.15) is 0 Å². The van der Waals surface area contributed by atoms with Crippen LogP contribution in [0, 0.1) is 0 Å². The average molecular weight is 218 g/mol. The molecule has 1 nitrogen and oxygen atoms in total. The lowest BCUT2D eigenvalue weighted by Gasteiger charge is -2.00. The fourth-order valence-corrected chi connectivity index (χ4v) is 1.67. The van der Waals surface area contributed by atoms with Gasteiger partial charge in [-0.25, -0.2) is 0 Å². The minimum atomic E-state index is 0.661. The molecular formula is C13H12ClN. The predicted molar refractivity (Wildman–Crippen MR) is 66.1 cm³/mol. The minimum absolute atomic E-state index is 0.661.